The number of para-hydroxylation sites is 2. The first-order valence-corrected chi connectivity index (χ1v) is 14.8. The molecule has 1 saturated heterocycles. The molecule has 2 aliphatic rings. The number of hydrogen-bond donors (Lipinski definition) is 5. The highest BCUT2D eigenvalue weighted by atomic mass is 16.5. The van der Waals surface area contributed by atoms with Gasteiger partial charge in [-0.2, -0.15) is 0 Å². The number of methoxy groups -OCH3 is 1. The normalized spacial score (nSPS) is 15.8. The minimum absolute atomic E-state index is 0.0862. The molecule has 4 rings (SSSR count). The zero-order chi connectivity index (χ0) is 32.5. The Morgan fingerprint density at radius 2 is 1.67 bits per heavy atom. The molecular formula is C33H41N5O7. The molecule has 12 nitrogen and oxygen atoms in total. The van der Waals surface area contributed by atoms with Crippen molar-refractivity contribution >= 4 is 29.3 Å². The molecule has 45 heavy (non-hydrogen) atoms. The Kier molecular flexibility index (Phi) is 11.1. The van der Waals surface area contributed by atoms with Gasteiger partial charge in [-0.3, -0.25) is 4.90 Å². The minimum Gasteiger partial charge on any atom is -0.495 e. The van der Waals surface area contributed by atoms with Crippen LogP contribution in [0.5, 0.6) is 11.5 Å². The summed E-state index contributed by atoms with van der Waals surface area (Å²) >= 11 is 0. The molecule has 0 aromatic heterocycles. The molecule has 2 aromatic carbocycles. The highest BCUT2D eigenvalue weighted by Gasteiger charge is 2.37. The van der Waals surface area contributed by atoms with E-state index in [0.717, 1.165) is 50.6 Å². The van der Waals surface area contributed by atoms with E-state index in [1.165, 1.54) is 0 Å². The largest absolute Gasteiger partial charge is 0.495 e. The van der Waals surface area contributed by atoms with Crippen molar-refractivity contribution in [2.75, 3.05) is 63.2 Å². The number of amides is 2. The molecule has 0 atom stereocenters. The number of hydrogen-bond acceptors (Lipinski definition) is 8. The summed E-state index contributed by atoms with van der Waals surface area (Å²) in [5.74, 6) is -2.34. The van der Waals surface area contributed by atoms with Gasteiger partial charge < -0.3 is 40.5 Å². The number of allylic oxidation sites excluding steroid dienone is 2. The van der Waals surface area contributed by atoms with E-state index >= 15 is 0 Å². The number of anilines is 2. The summed E-state index contributed by atoms with van der Waals surface area (Å²) in [6.45, 7) is 11.8. The number of carbonyl (C=O) groups is 3. The molecule has 0 saturated carbocycles. The Labute approximate surface area is 263 Å². The van der Waals surface area contributed by atoms with Crippen molar-refractivity contribution in [1.82, 2.24) is 15.5 Å². The van der Waals surface area contributed by atoms with Gasteiger partial charge in [0.15, 0.2) is 0 Å². The second-order valence-corrected chi connectivity index (χ2v) is 10.8. The smallest absolute Gasteiger partial charge is 0.334 e. The fraction of sp³-hybridized carbons (Fsp3) is 0.364. The number of dihydropyridines is 1. The van der Waals surface area contributed by atoms with Gasteiger partial charge >= 0.3 is 18.0 Å². The van der Waals surface area contributed by atoms with Gasteiger partial charge in [0.25, 0.3) is 0 Å². The van der Waals surface area contributed by atoms with Crippen molar-refractivity contribution in [2.45, 2.75) is 26.2 Å². The zero-order valence-corrected chi connectivity index (χ0v) is 25.9. The van der Waals surface area contributed by atoms with E-state index in [-0.39, 0.29) is 23.4 Å². The summed E-state index contributed by atoms with van der Waals surface area (Å²) in [5.41, 5.74) is 2.27. The number of benzene rings is 2. The number of carboxylic acids is 2. The SMILES string of the molecule is C=CCOc1ccc(C2C(C(=O)O)=C(C)NC(C)=C2C(=O)O)cc1NC(=O)NCCCN1CCN(c2ccccc2OC)CC1. The van der Waals surface area contributed by atoms with Crippen LogP contribution in [0.3, 0.4) is 0 Å². The molecule has 2 aliphatic heterocycles. The molecule has 2 aromatic rings. The van der Waals surface area contributed by atoms with Crippen molar-refractivity contribution in [3.8, 4) is 11.5 Å². The molecule has 5 N–H and O–H groups in total. The molecule has 0 radical (unpaired) electrons. The predicted octanol–water partition coefficient (Wildman–Crippen LogP) is 4.00. The summed E-state index contributed by atoms with van der Waals surface area (Å²) in [6, 6.07) is 12.3. The summed E-state index contributed by atoms with van der Waals surface area (Å²) in [6.07, 6.45) is 2.30. The third kappa shape index (κ3) is 7.95. The number of nitrogens with zero attached hydrogens (tertiary/aromatic N) is 2. The van der Waals surface area contributed by atoms with Gasteiger partial charge in [0, 0.05) is 44.1 Å². The number of aliphatic carboxylic acids is 2. The first-order valence-electron chi connectivity index (χ1n) is 14.8. The average molecular weight is 620 g/mol. The molecule has 2 heterocycles. The van der Waals surface area contributed by atoms with Crippen molar-refractivity contribution in [2.24, 2.45) is 0 Å². The molecule has 2 amide bonds. The van der Waals surface area contributed by atoms with Crippen LogP contribution in [0.15, 0.2) is 77.7 Å². The standard InChI is InChI=1S/C33H41N5O7/c1-5-19-45-26-12-11-23(30-28(31(39)40)21(2)35-22(3)29(30)32(41)42)20-24(26)36-33(43)34-13-8-14-37-15-17-38(18-16-37)25-9-6-7-10-27(25)44-4/h5-7,9-12,20,30,35H,1,8,13-19H2,2-4H3,(H,39,40)(H,41,42)(H2,34,36,43). The van der Waals surface area contributed by atoms with Crippen molar-refractivity contribution in [3.63, 3.8) is 0 Å². The van der Waals surface area contributed by atoms with Crippen LogP contribution in [0, 0.1) is 0 Å². The molecule has 0 bridgehead atoms. The lowest BCUT2D eigenvalue weighted by molar-refractivity contribution is -0.133. The molecule has 0 unspecified atom stereocenters. The van der Waals surface area contributed by atoms with Gasteiger partial charge in [-0.15, -0.1) is 0 Å². The van der Waals surface area contributed by atoms with Crippen molar-refractivity contribution in [3.05, 3.63) is 83.2 Å². The Bertz CT molecular complexity index is 1460. The molecule has 0 aliphatic carbocycles. The van der Waals surface area contributed by atoms with Crippen LogP contribution in [-0.4, -0.2) is 86.1 Å². The van der Waals surface area contributed by atoms with E-state index in [0.29, 0.717) is 29.3 Å². The maximum atomic E-state index is 12.9. The molecule has 240 valence electrons. The fourth-order valence-corrected chi connectivity index (χ4v) is 5.77. The van der Waals surface area contributed by atoms with Gasteiger partial charge in [0.05, 0.1) is 35.5 Å². The van der Waals surface area contributed by atoms with Crippen LogP contribution in [0.2, 0.25) is 0 Å². The Balaban J connectivity index is 1.39. The fourth-order valence-electron chi connectivity index (χ4n) is 5.77. The quantitative estimate of drug-likeness (QED) is 0.164. The first-order chi connectivity index (χ1) is 21.6. The number of rotatable bonds is 13. The monoisotopic (exact) mass is 619 g/mol. The minimum atomic E-state index is -1.24. The zero-order valence-electron chi connectivity index (χ0n) is 25.9. The third-order valence-electron chi connectivity index (χ3n) is 7.90. The summed E-state index contributed by atoms with van der Waals surface area (Å²) in [4.78, 5) is 42.1. The highest BCUT2D eigenvalue weighted by molar-refractivity contribution is 5.99. The van der Waals surface area contributed by atoms with Gasteiger partial charge in [0.2, 0.25) is 0 Å². The van der Waals surface area contributed by atoms with E-state index in [1.54, 1.807) is 45.2 Å². The van der Waals surface area contributed by atoms with Crippen molar-refractivity contribution in [1.29, 1.82) is 0 Å². The van der Waals surface area contributed by atoms with E-state index in [4.69, 9.17) is 9.47 Å². The van der Waals surface area contributed by atoms with Crippen LogP contribution in [0.1, 0.15) is 31.7 Å². The van der Waals surface area contributed by atoms with E-state index < -0.39 is 23.9 Å². The van der Waals surface area contributed by atoms with Gasteiger partial charge in [-0.25, -0.2) is 14.4 Å². The number of carboxylic acid groups (broad SMARTS) is 2. The second-order valence-electron chi connectivity index (χ2n) is 10.8. The number of carbonyl (C=O) groups excluding carboxylic acids is 1. The van der Waals surface area contributed by atoms with Gasteiger partial charge in [-0.1, -0.05) is 30.9 Å². The van der Waals surface area contributed by atoms with Crippen molar-refractivity contribution < 1.29 is 34.1 Å². The lowest BCUT2D eigenvalue weighted by Gasteiger charge is -2.36. The van der Waals surface area contributed by atoms with E-state index in [1.807, 2.05) is 18.2 Å². The van der Waals surface area contributed by atoms with Crippen LogP contribution >= 0.6 is 0 Å². The maximum absolute atomic E-state index is 12.9. The van der Waals surface area contributed by atoms with Crippen LogP contribution < -0.4 is 30.3 Å². The van der Waals surface area contributed by atoms with E-state index in [9.17, 15) is 24.6 Å². The summed E-state index contributed by atoms with van der Waals surface area (Å²) in [5, 5.41) is 28.5. The lowest BCUT2D eigenvalue weighted by Crippen LogP contribution is -2.47. The third-order valence-corrected chi connectivity index (χ3v) is 7.90. The number of urea groups is 1. The van der Waals surface area contributed by atoms with E-state index in [2.05, 4.69) is 38.4 Å². The van der Waals surface area contributed by atoms with Crippen LogP contribution in [0.25, 0.3) is 0 Å². The first kappa shape index (κ1) is 32.9. The van der Waals surface area contributed by atoms with Crippen LogP contribution in [0.4, 0.5) is 16.2 Å². The second kappa shape index (κ2) is 15.2. The molecule has 12 heteroatoms. The average Bonchev–Trinajstić information content (AvgIpc) is 3.02. The maximum Gasteiger partial charge on any atom is 0.334 e. The predicted molar refractivity (Wildman–Crippen MR) is 172 cm³/mol. The molecule has 1 fully saturated rings. The lowest BCUT2D eigenvalue weighted by atomic mass is 9.80. The number of nitrogens with one attached hydrogen (secondary N) is 3. The summed E-state index contributed by atoms with van der Waals surface area (Å²) < 4.78 is 11.2. The Morgan fingerprint density at radius 1 is 1.00 bits per heavy atom. The number of ether oxygens (including phenoxy) is 2. The van der Waals surface area contributed by atoms with Crippen LogP contribution in [-0.2, 0) is 9.59 Å². The summed E-state index contributed by atoms with van der Waals surface area (Å²) in [7, 11) is 1.68. The number of piperazine rings is 1. The Morgan fingerprint density at radius 3 is 2.29 bits per heavy atom. The van der Waals surface area contributed by atoms with Gasteiger partial charge in [0.1, 0.15) is 18.1 Å². The highest BCUT2D eigenvalue weighted by Crippen LogP contribution is 2.40. The Hall–Kier alpha value is -4.97. The topological polar surface area (TPSA) is 153 Å². The molecule has 0 spiro atoms. The molecular weight excluding hydrogens is 578 g/mol. The van der Waals surface area contributed by atoms with Gasteiger partial charge in [-0.05, 0) is 56.6 Å².